The van der Waals surface area contributed by atoms with Gasteiger partial charge in [0, 0.05) is 55.7 Å². The summed E-state index contributed by atoms with van der Waals surface area (Å²) >= 11 is 0. The van der Waals surface area contributed by atoms with E-state index in [0.717, 1.165) is 33.3 Å². The number of aromatic nitrogens is 4. The molecule has 3 N–H and O–H groups in total. The van der Waals surface area contributed by atoms with Crippen LogP contribution in [0.3, 0.4) is 0 Å². The summed E-state index contributed by atoms with van der Waals surface area (Å²) in [5, 5.41) is 14.2. The van der Waals surface area contributed by atoms with Gasteiger partial charge in [0.25, 0.3) is 5.91 Å². The molecular formula is C32H29N7O4. The molecule has 11 nitrogen and oxygen atoms in total. The van der Waals surface area contributed by atoms with Crippen LogP contribution in [0, 0.1) is 0 Å². The van der Waals surface area contributed by atoms with Crippen LogP contribution in [-0.2, 0) is 24.4 Å². The number of morpholine rings is 1. The number of benzene rings is 1. The number of pyridine rings is 3. The first kappa shape index (κ1) is 26.7. The number of aromatic amines is 1. The third-order valence-corrected chi connectivity index (χ3v) is 7.97. The predicted molar refractivity (Wildman–Crippen MR) is 160 cm³/mol. The Morgan fingerprint density at radius 1 is 0.907 bits per heavy atom. The average Bonchev–Trinajstić information content (AvgIpc) is 3.70. The minimum absolute atomic E-state index is 0.0608. The molecule has 0 radical (unpaired) electrons. The maximum Gasteiger partial charge on any atom is 0.323 e. The summed E-state index contributed by atoms with van der Waals surface area (Å²) in [6.45, 7) is 2.93. The van der Waals surface area contributed by atoms with E-state index in [9.17, 15) is 14.7 Å². The van der Waals surface area contributed by atoms with Gasteiger partial charge in [0.2, 0.25) is 0 Å². The van der Waals surface area contributed by atoms with Crippen LogP contribution in [0.5, 0.6) is 0 Å². The highest BCUT2D eigenvalue weighted by Gasteiger charge is 2.25. The summed E-state index contributed by atoms with van der Waals surface area (Å²) < 4.78 is 5.35. The molecule has 11 heteroatoms. The van der Waals surface area contributed by atoms with Crippen molar-refractivity contribution in [2.45, 2.75) is 19.7 Å². The summed E-state index contributed by atoms with van der Waals surface area (Å²) in [4.78, 5) is 46.3. The molecular weight excluding hydrogens is 546 g/mol. The zero-order valence-electron chi connectivity index (χ0n) is 23.3. The highest BCUT2D eigenvalue weighted by Crippen LogP contribution is 2.35. The first-order valence-electron chi connectivity index (χ1n) is 14.1. The van der Waals surface area contributed by atoms with Crippen LogP contribution in [0.15, 0.2) is 73.2 Å². The lowest BCUT2D eigenvalue weighted by molar-refractivity contribution is 0.0302. The van der Waals surface area contributed by atoms with Gasteiger partial charge < -0.3 is 24.6 Å². The monoisotopic (exact) mass is 575 g/mol. The van der Waals surface area contributed by atoms with Gasteiger partial charge in [-0.3, -0.25) is 15.1 Å². The van der Waals surface area contributed by atoms with E-state index in [-0.39, 0.29) is 18.5 Å². The SMILES string of the molecule is O=C(Nc1nccc(-c2ccnc3[nH]c(-c4ccc(C(=O)N5CCOCC5)cn4)cc23)c1CO)N1Cc2ccccc2C1. The molecule has 0 spiro atoms. The lowest BCUT2D eigenvalue weighted by Gasteiger charge is -2.26. The third-order valence-electron chi connectivity index (χ3n) is 7.97. The Kier molecular flexibility index (Phi) is 7.01. The standard InChI is InChI=1S/C32H29N7O4/c40-19-26-24(8-10-34-30(26)37-32(42)39-17-21-3-1-2-4-22(21)18-39)23-7-9-33-29-25(23)15-28(36-29)27-6-5-20(16-35-27)31(41)38-11-13-43-14-12-38/h1-10,15-16,40H,11-14,17-19H2,(H,33,36)(H,34,37,42). The van der Waals surface area contributed by atoms with E-state index in [2.05, 4.69) is 25.3 Å². The number of nitrogens with one attached hydrogen (secondary N) is 2. The Labute approximate surface area is 247 Å². The molecule has 0 saturated carbocycles. The van der Waals surface area contributed by atoms with E-state index < -0.39 is 0 Å². The average molecular weight is 576 g/mol. The quantitative estimate of drug-likeness (QED) is 0.286. The van der Waals surface area contributed by atoms with Crippen molar-refractivity contribution in [3.63, 3.8) is 0 Å². The molecule has 5 aromatic rings. The fourth-order valence-electron chi connectivity index (χ4n) is 5.70. The van der Waals surface area contributed by atoms with Crippen molar-refractivity contribution in [3.05, 3.63) is 95.4 Å². The normalized spacial score (nSPS) is 14.6. The van der Waals surface area contributed by atoms with Crippen molar-refractivity contribution in [3.8, 4) is 22.5 Å². The number of rotatable bonds is 5. The first-order chi connectivity index (χ1) is 21.1. The van der Waals surface area contributed by atoms with Crippen LogP contribution in [-0.4, -0.2) is 73.1 Å². The molecule has 1 fully saturated rings. The number of nitrogens with zero attached hydrogens (tertiary/aromatic N) is 5. The first-order valence-corrected chi connectivity index (χ1v) is 14.1. The molecule has 0 atom stereocenters. The van der Waals surface area contributed by atoms with E-state index >= 15 is 0 Å². The van der Waals surface area contributed by atoms with Gasteiger partial charge in [-0.25, -0.2) is 14.8 Å². The van der Waals surface area contributed by atoms with Crippen LogP contribution < -0.4 is 5.32 Å². The van der Waals surface area contributed by atoms with Gasteiger partial charge in [-0.05, 0) is 52.6 Å². The Morgan fingerprint density at radius 2 is 1.65 bits per heavy atom. The molecule has 4 aromatic heterocycles. The molecule has 2 aliphatic rings. The largest absolute Gasteiger partial charge is 0.392 e. The van der Waals surface area contributed by atoms with Crippen LogP contribution in [0.1, 0.15) is 27.0 Å². The molecule has 43 heavy (non-hydrogen) atoms. The van der Waals surface area contributed by atoms with Gasteiger partial charge in [0.05, 0.1) is 36.8 Å². The fraction of sp³-hybridized carbons (Fsp3) is 0.219. The number of urea groups is 1. The van der Waals surface area contributed by atoms with Crippen LogP contribution in [0.4, 0.5) is 10.6 Å². The number of ether oxygens (including phenoxy) is 1. The number of fused-ring (bicyclic) bond motifs is 2. The second-order valence-corrected chi connectivity index (χ2v) is 10.5. The summed E-state index contributed by atoms with van der Waals surface area (Å²) in [5.41, 5.74) is 6.88. The minimum atomic E-state index is -0.319. The molecule has 0 bridgehead atoms. The highest BCUT2D eigenvalue weighted by atomic mass is 16.5. The maximum atomic E-state index is 13.2. The van der Waals surface area contributed by atoms with Crippen LogP contribution >= 0.6 is 0 Å². The fourth-order valence-corrected chi connectivity index (χ4v) is 5.70. The van der Waals surface area contributed by atoms with E-state index in [1.54, 1.807) is 34.5 Å². The van der Waals surface area contributed by atoms with Gasteiger partial charge in [-0.1, -0.05) is 24.3 Å². The van der Waals surface area contributed by atoms with E-state index in [1.165, 1.54) is 0 Å². The number of carbonyl (C=O) groups is 2. The summed E-state index contributed by atoms with van der Waals surface area (Å²) in [7, 11) is 0. The van der Waals surface area contributed by atoms with E-state index in [4.69, 9.17) is 4.74 Å². The topological polar surface area (TPSA) is 137 Å². The van der Waals surface area contributed by atoms with Gasteiger partial charge in [-0.2, -0.15) is 0 Å². The molecule has 1 saturated heterocycles. The van der Waals surface area contributed by atoms with Crippen molar-refractivity contribution in [2.24, 2.45) is 0 Å². The van der Waals surface area contributed by atoms with E-state index in [1.807, 2.05) is 48.5 Å². The van der Waals surface area contributed by atoms with Gasteiger partial charge in [0.1, 0.15) is 11.5 Å². The third kappa shape index (κ3) is 5.09. The van der Waals surface area contributed by atoms with Gasteiger partial charge >= 0.3 is 6.03 Å². The molecule has 3 amide bonds. The Balaban J connectivity index is 1.16. The van der Waals surface area contributed by atoms with Crippen molar-refractivity contribution in [1.29, 1.82) is 0 Å². The molecule has 216 valence electrons. The smallest absolute Gasteiger partial charge is 0.323 e. The number of amides is 3. The number of hydrogen-bond donors (Lipinski definition) is 3. The summed E-state index contributed by atoms with van der Waals surface area (Å²) in [6.07, 6.45) is 4.90. The number of hydrogen-bond acceptors (Lipinski definition) is 7. The van der Waals surface area contributed by atoms with Crippen LogP contribution in [0.25, 0.3) is 33.5 Å². The predicted octanol–water partition coefficient (Wildman–Crippen LogP) is 4.20. The second kappa shape index (κ2) is 11.3. The molecule has 7 rings (SSSR count). The highest BCUT2D eigenvalue weighted by molar-refractivity contribution is 5.99. The molecule has 2 aliphatic heterocycles. The van der Waals surface area contributed by atoms with E-state index in [0.29, 0.717) is 67.7 Å². The minimum Gasteiger partial charge on any atom is -0.392 e. The number of H-pyrrole nitrogens is 1. The lowest BCUT2D eigenvalue weighted by Crippen LogP contribution is -2.40. The Morgan fingerprint density at radius 3 is 2.37 bits per heavy atom. The maximum absolute atomic E-state index is 13.2. The Bertz CT molecular complexity index is 1800. The number of aliphatic hydroxyl groups excluding tert-OH is 1. The molecule has 6 heterocycles. The molecule has 0 unspecified atom stereocenters. The van der Waals surface area contributed by atoms with Crippen molar-refractivity contribution in [2.75, 3.05) is 31.6 Å². The molecule has 1 aromatic carbocycles. The van der Waals surface area contributed by atoms with Gasteiger partial charge in [0.15, 0.2) is 0 Å². The lowest BCUT2D eigenvalue weighted by atomic mass is 9.99. The summed E-state index contributed by atoms with van der Waals surface area (Å²) in [5.74, 6) is 0.248. The van der Waals surface area contributed by atoms with Crippen molar-refractivity contribution >= 4 is 28.8 Å². The van der Waals surface area contributed by atoms with Crippen molar-refractivity contribution in [1.82, 2.24) is 29.7 Å². The second-order valence-electron chi connectivity index (χ2n) is 10.5. The summed E-state index contributed by atoms with van der Waals surface area (Å²) in [6, 6.07) is 16.9. The number of carbonyl (C=O) groups excluding carboxylic acids is 2. The van der Waals surface area contributed by atoms with Crippen LogP contribution in [0.2, 0.25) is 0 Å². The van der Waals surface area contributed by atoms with Crippen molar-refractivity contribution < 1.29 is 19.4 Å². The zero-order chi connectivity index (χ0) is 29.3. The number of aliphatic hydroxyl groups is 1. The zero-order valence-corrected chi connectivity index (χ0v) is 23.3. The number of anilines is 1. The Hall–Kier alpha value is -5.13. The molecule has 0 aliphatic carbocycles. The van der Waals surface area contributed by atoms with Gasteiger partial charge in [-0.15, -0.1) is 0 Å².